The van der Waals surface area contributed by atoms with Crippen molar-refractivity contribution in [3.05, 3.63) is 64.6 Å². The summed E-state index contributed by atoms with van der Waals surface area (Å²) in [5.41, 5.74) is 1.30. The molecule has 0 aliphatic rings. The Morgan fingerprint density at radius 2 is 1.96 bits per heavy atom. The quantitative estimate of drug-likeness (QED) is 0.583. The Morgan fingerprint density at radius 1 is 1.21 bits per heavy atom. The van der Waals surface area contributed by atoms with Gasteiger partial charge in [-0.05, 0) is 55.0 Å². The smallest absolute Gasteiger partial charge is 0.263 e. The number of sulfonamides is 1. The van der Waals surface area contributed by atoms with Crippen LogP contribution in [0.2, 0.25) is 5.02 Å². The molecule has 0 radical (unpaired) electrons. The predicted molar refractivity (Wildman–Crippen MR) is 110 cm³/mol. The molecular weight excluding hydrogens is 422 g/mol. The van der Waals surface area contributed by atoms with Gasteiger partial charge >= 0.3 is 0 Å². The van der Waals surface area contributed by atoms with Crippen molar-refractivity contribution in [2.24, 2.45) is 0 Å². The average Bonchev–Trinajstić information content (AvgIpc) is 3.15. The zero-order valence-electron chi connectivity index (χ0n) is 14.7. The van der Waals surface area contributed by atoms with Crippen LogP contribution in [-0.4, -0.2) is 25.9 Å². The lowest BCUT2D eigenvalue weighted by Gasteiger charge is -2.09. The van der Waals surface area contributed by atoms with Crippen molar-refractivity contribution in [1.82, 2.24) is 4.98 Å². The normalized spacial score (nSPS) is 11.1. The minimum Gasteiger partial charge on any atom is -0.484 e. The highest BCUT2D eigenvalue weighted by atomic mass is 35.5. The SMILES string of the molecule is Cc1cc(OCC(=O)Nc2ccc(S(=O)(=O)Nc3nccs3)cc2)ccc1Cl. The van der Waals surface area contributed by atoms with Crippen LogP contribution >= 0.6 is 22.9 Å². The maximum absolute atomic E-state index is 12.3. The number of benzene rings is 2. The number of nitrogens with zero attached hydrogens (tertiary/aromatic N) is 1. The third-order valence-corrected chi connectivity index (χ3v) is 6.20. The van der Waals surface area contributed by atoms with Crippen molar-refractivity contribution in [2.75, 3.05) is 16.6 Å². The molecule has 2 N–H and O–H groups in total. The molecule has 1 aromatic heterocycles. The van der Waals surface area contributed by atoms with Gasteiger partial charge in [0.15, 0.2) is 11.7 Å². The van der Waals surface area contributed by atoms with E-state index in [4.69, 9.17) is 16.3 Å². The second-order valence-electron chi connectivity index (χ2n) is 5.71. The highest BCUT2D eigenvalue weighted by Gasteiger charge is 2.15. The van der Waals surface area contributed by atoms with Crippen LogP contribution in [0.1, 0.15) is 5.56 Å². The summed E-state index contributed by atoms with van der Waals surface area (Å²) in [6.07, 6.45) is 1.51. The van der Waals surface area contributed by atoms with Gasteiger partial charge in [0.05, 0.1) is 4.90 Å². The van der Waals surface area contributed by atoms with E-state index in [-0.39, 0.29) is 22.5 Å². The van der Waals surface area contributed by atoms with Crippen molar-refractivity contribution >= 4 is 49.7 Å². The van der Waals surface area contributed by atoms with Crippen LogP contribution in [-0.2, 0) is 14.8 Å². The molecule has 3 aromatic rings. The zero-order valence-corrected chi connectivity index (χ0v) is 17.1. The maximum Gasteiger partial charge on any atom is 0.263 e. The molecule has 0 atom stereocenters. The summed E-state index contributed by atoms with van der Waals surface area (Å²) < 4.78 is 32.4. The van der Waals surface area contributed by atoms with Gasteiger partial charge in [0.2, 0.25) is 0 Å². The fraction of sp³-hybridized carbons (Fsp3) is 0.111. The highest BCUT2D eigenvalue weighted by Crippen LogP contribution is 2.21. The van der Waals surface area contributed by atoms with Crippen LogP contribution in [0.15, 0.2) is 58.9 Å². The third kappa shape index (κ3) is 5.22. The Hall–Kier alpha value is -2.62. The molecule has 1 amide bonds. The van der Waals surface area contributed by atoms with Crippen molar-refractivity contribution < 1.29 is 17.9 Å². The largest absolute Gasteiger partial charge is 0.484 e. The Bertz CT molecular complexity index is 1070. The first-order chi connectivity index (χ1) is 13.3. The molecule has 7 nitrogen and oxygen atoms in total. The minimum atomic E-state index is -3.73. The molecule has 3 rings (SSSR count). The molecule has 0 fully saturated rings. The molecule has 0 aliphatic heterocycles. The van der Waals surface area contributed by atoms with Crippen molar-refractivity contribution in [3.8, 4) is 5.75 Å². The number of halogens is 1. The number of ether oxygens (including phenoxy) is 1. The van der Waals surface area contributed by atoms with Gasteiger partial charge in [0.1, 0.15) is 5.75 Å². The van der Waals surface area contributed by atoms with E-state index in [0.29, 0.717) is 16.5 Å². The first kappa shape index (κ1) is 20.1. The molecule has 0 saturated carbocycles. The van der Waals surface area contributed by atoms with Gasteiger partial charge in [0, 0.05) is 22.3 Å². The van der Waals surface area contributed by atoms with Gasteiger partial charge in [-0.1, -0.05) is 11.6 Å². The van der Waals surface area contributed by atoms with Gasteiger partial charge in [0.25, 0.3) is 15.9 Å². The topological polar surface area (TPSA) is 97.4 Å². The number of anilines is 2. The predicted octanol–water partition coefficient (Wildman–Crippen LogP) is 3.92. The number of nitrogens with one attached hydrogen (secondary N) is 2. The summed E-state index contributed by atoms with van der Waals surface area (Å²) >= 11 is 7.13. The van der Waals surface area contributed by atoms with Crippen LogP contribution in [0.25, 0.3) is 0 Å². The molecule has 0 spiro atoms. The third-order valence-electron chi connectivity index (χ3n) is 3.60. The van der Waals surface area contributed by atoms with E-state index in [2.05, 4.69) is 15.0 Å². The number of amides is 1. The van der Waals surface area contributed by atoms with E-state index in [1.165, 1.54) is 41.8 Å². The number of hydrogen-bond donors (Lipinski definition) is 2. The lowest BCUT2D eigenvalue weighted by Crippen LogP contribution is -2.20. The summed E-state index contributed by atoms with van der Waals surface area (Å²) in [5, 5.41) is 5.22. The van der Waals surface area contributed by atoms with Crippen molar-refractivity contribution in [2.45, 2.75) is 11.8 Å². The molecule has 10 heteroatoms. The number of carbonyl (C=O) groups is 1. The number of thiazole rings is 1. The molecular formula is C18H16ClN3O4S2. The Labute approximate surface area is 171 Å². The first-order valence-electron chi connectivity index (χ1n) is 8.05. The lowest BCUT2D eigenvalue weighted by molar-refractivity contribution is -0.118. The van der Waals surface area contributed by atoms with Gasteiger partial charge in [-0.3, -0.25) is 9.52 Å². The van der Waals surface area contributed by atoms with E-state index in [0.717, 1.165) is 5.56 Å². The number of hydrogen-bond acceptors (Lipinski definition) is 6. The standard InChI is InChI=1S/C18H16ClN3O4S2/c1-12-10-14(4-7-16(12)19)26-11-17(23)21-13-2-5-15(6-3-13)28(24,25)22-18-20-8-9-27-18/h2-10H,11H2,1H3,(H,20,22)(H,21,23). The average molecular weight is 438 g/mol. The van der Waals surface area contributed by atoms with E-state index < -0.39 is 10.0 Å². The fourth-order valence-electron chi connectivity index (χ4n) is 2.22. The number of aryl methyl sites for hydroxylation is 1. The Balaban J connectivity index is 1.57. The molecule has 0 bridgehead atoms. The summed E-state index contributed by atoms with van der Waals surface area (Å²) in [6.45, 7) is 1.65. The van der Waals surface area contributed by atoms with Gasteiger partial charge < -0.3 is 10.1 Å². The number of carbonyl (C=O) groups excluding carboxylic acids is 1. The van der Waals surface area contributed by atoms with Crippen LogP contribution in [0.4, 0.5) is 10.8 Å². The lowest BCUT2D eigenvalue weighted by atomic mass is 10.2. The highest BCUT2D eigenvalue weighted by molar-refractivity contribution is 7.93. The van der Waals surface area contributed by atoms with Crippen LogP contribution < -0.4 is 14.8 Å². The zero-order chi connectivity index (χ0) is 20.1. The number of rotatable bonds is 7. The monoisotopic (exact) mass is 437 g/mol. The first-order valence-corrected chi connectivity index (χ1v) is 10.8. The molecule has 0 aliphatic carbocycles. The van der Waals surface area contributed by atoms with Crippen LogP contribution in [0.5, 0.6) is 5.75 Å². The Morgan fingerprint density at radius 3 is 2.61 bits per heavy atom. The van der Waals surface area contributed by atoms with Crippen LogP contribution in [0.3, 0.4) is 0 Å². The molecule has 0 saturated heterocycles. The minimum absolute atomic E-state index is 0.0635. The Kier molecular flexibility index (Phi) is 6.18. The molecule has 1 heterocycles. The number of aromatic nitrogens is 1. The van der Waals surface area contributed by atoms with Crippen LogP contribution in [0, 0.1) is 6.92 Å². The summed E-state index contributed by atoms with van der Waals surface area (Å²) in [4.78, 5) is 16.0. The summed E-state index contributed by atoms with van der Waals surface area (Å²) in [6, 6.07) is 10.9. The van der Waals surface area contributed by atoms with Gasteiger partial charge in [-0.25, -0.2) is 13.4 Å². The molecule has 146 valence electrons. The second kappa shape index (κ2) is 8.59. The van der Waals surface area contributed by atoms with E-state index in [9.17, 15) is 13.2 Å². The molecule has 0 unspecified atom stereocenters. The van der Waals surface area contributed by atoms with Gasteiger partial charge in [-0.15, -0.1) is 11.3 Å². The van der Waals surface area contributed by atoms with Crippen molar-refractivity contribution in [1.29, 1.82) is 0 Å². The maximum atomic E-state index is 12.3. The summed E-state index contributed by atoms with van der Waals surface area (Å²) in [7, 11) is -3.73. The van der Waals surface area contributed by atoms with E-state index in [1.54, 1.807) is 23.6 Å². The molecule has 28 heavy (non-hydrogen) atoms. The van der Waals surface area contributed by atoms with Crippen molar-refractivity contribution in [3.63, 3.8) is 0 Å². The van der Waals surface area contributed by atoms with E-state index in [1.807, 2.05) is 6.92 Å². The second-order valence-corrected chi connectivity index (χ2v) is 8.70. The van der Waals surface area contributed by atoms with Gasteiger partial charge in [-0.2, -0.15) is 0 Å². The summed E-state index contributed by atoms with van der Waals surface area (Å²) in [5.74, 6) is 0.163. The van der Waals surface area contributed by atoms with E-state index >= 15 is 0 Å². The molecule has 2 aromatic carbocycles. The fourth-order valence-corrected chi connectivity index (χ4v) is 4.12.